The molecule has 1 rings (SSSR count). The molecule has 1 aromatic heterocycles. The van der Waals surface area contributed by atoms with E-state index in [1.807, 2.05) is 18.3 Å². The van der Waals surface area contributed by atoms with Gasteiger partial charge in [0.25, 0.3) is 0 Å². The molecule has 1 N–H and O–H groups in total. The monoisotopic (exact) mass is 226 g/mol. The van der Waals surface area contributed by atoms with Gasteiger partial charge in [-0.25, -0.2) is 4.98 Å². The van der Waals surface area contributed by atoms with E-state index >= 15 is 0 Å². The molecule has 0 saturated carbocycles. The van der Waals surface area contributed by atoms with Crippen LogP contribution in [0.5, 0.6) is 0 Å². The highest BCUT2D eigenvalue weighted by molar-refractivity contribution is 6.29. The number of nitrogens with zero attached hydrogens (tertiary/aromatic N) is 1. The Hall–Kier alpha value is -0.600. The van der Waals surface area contributed by atoms with E-state index in [9.17, 15) is 0 Å². The maximum absolute atomic E-state index is 5.75. The van der Waals surface area contributed by atoms with Crippen LogP contribution in [-0.4, -0.2) is 10.5 Å². The highest BCUT2D eigenvalue weighted by atomic mass is 35.5. The molecule has 0 spiro atoms. The quantitative estimate of drug-likeness (QED) is 0.794. The topological polar surface area (TPSA) is 24.9 Å². The van der Waals surface area contributed by atoms with E-state index < -0.39 is 0 Å². The zero-order valence-electron chi connectivity index (χ0n) is 9.84. The lowest BCUT2D eigenvalue weighted by Crippen LogP contribution is -2.40. The van der Waals surface area contributed by atoms with E-state index in [-0.39, 0.29) is 5.54 Å². The summed E-state index contributed by atoms with van der Waals surface area (Å²) in [6.45, 7) is 8.72. The summed E-state index contributed by atoms with van der Waals surface area (Å²) in [4.78, 5) is 4.08. The van der Waals surface area contributed by atoms with Crippen molar-refractivity contribution in [3.63, 3.8) is 0 Å². The fraction of sp³-hybridized carbons (Fsp3) is 0.583. The van der Waals surface area contributed by atoms with Crippen LogP contribution in [0.3, 0.4) is 0 Å². The molecule has 1 atom stereocenters. The number of nitrogens with one attached hydrogen (secondary N) is 1. The van der Waals surface area contributed by atoms with E-state index in [1.165, 1.54) is 5.56 Å². The molecule has 0 saturated heterocycles. The van der Waals surface area contributed by atoms with Crippen LogP contribution in [0.25, 0.3) is 0 Å². The normalized spacial score (nSPS) is 13.9. The van der Waals surface area contributed by atoms with Crippen LogP contribution in [0.2, 0.25) is 5.15 Å². The first-order valence-electron chi connectivity index (χ1n) is 5.34. The largest absolute Gasteiger partial charge is 0.305 e. The van der Waals surface area contributed by atoms with Crippen molar-refractivity contribution in [2.24, 2.45) is 0 Å². The molecule has 1 heterocycles. The van der Waals surface area contributed by atoms with Crippen molar-refractivity contribution >= 4 is 11.6 Å². The number of aromatic nitrogens is 1. The fourth-order valence-corrected chi connectivity index (χ4v) is 1.53. The Bertz CT molecular complexity index is 306. The van der Waals surface area contributed by atoms with E-state index in [1.54, 1.807) is 0 Å². The molecule has 0 aliphatic rings. The van der Waals surface area contributed by atoms with Crippen molar-refractivity contribution in [3.8, 4) is 0 Å². The summed E-state index contributed by atoms with van der Waals surface area (Å²) in [6.07, 6.45) is 2.92. The van der Waals surface area contributed by atoms with Crippen LogP contribution in [0, 0.1) is 0 Å². The molecule has 0 aliphatic heterocycles. The highest BCUT2D eigenvalue weighted by Crippen LogP contribution is 2.18. The van der Waals surface area contributed by atoms with Crippen LogP contribution < -0.4 is 5.32 Å². The van der Waals surface area contributed by atoms with Crippen LogP contribution in [0.1, 0.15) is 45.7 Å². The number of pyridine rings is 1. The van der Waals surface area contributed by atoms with Gasteiger partial charge in [-0.05, 0) is 38.8 Å². The van der Waals surface area contributed by atoms with Gasteiger partial charge in [-0.2, -0.15) is 0 Å². The molecule has 15 heavy (non-hydrogen) atoms. The van der Waals surface area contributed by atoms with Crippen LogP contribution >= 0.6 is 11.6 Å². The zero-order chi connectivity index (χ0) is 11.5. The Balaban J connectivity index is 2.69. The van der Waals surface area contributed by atoms with Crippen molar-refractivity contribution in [1.82, 2.24) is 10.3 Å². The van der Waals surface area contributed by atoms with Gasteiger partial charge in [0.05, 0.1) is 0 Å². The summed E-state index contributed by atoms with van der Waals surface area (Å²) in [5, 5.41) is 4.10. The number of hydrogen-bond donors (Lipinski definition) is 1. The number of halogens is 1. The average Bonchev–Trinajstić information content (AvgIpc) is 2.18. The third-order valence-corrected chi connectivity index (χ3v) is 2.96. The molecule has 0 aliphatic carbocycles. The maximum Gasteiger partial charge on any atom is 0.129 e. The molecular formula is C12H19ClN2. The van der Waals surface area contributed by atoms with Crippen molar-refractivity contribution in [2.45, 2.75) is 45.7 Å². The average molecular weight is 227 g/mol. The Morgan fingerprint density at radius 3 is 2.60 bits per heavy atom. The fourth-order valence-electron chi connectivity index (χ4n) is 1.41. The van der Waals surface area contributed by atoms with Crippen molar-refractivity contribution in [1.29, 1.82) is 0 Å². The molecule has 0 radical (unpaired) electrons. The molecule has 84 valence electrons. The third kappa shape index (κ3) is 3.80. The Morgan fingerprint density at radius 2 is 2.13 bits per heavy atom. The molecule has 1 aromatic rings. The van der Waals surface area contributed by atoms with Crippen molar-refractivity contribution in [3.05, 3.63) is 29.0 Å². The molecule has 0 amide bonds. The summed E-state index contributed by atoms with van der Waals surface area (Å²) in [5.74, 6) is 0. The SMILES string of the molecule is CCC(C)(C)NC(C)c1ccc(Cl)nc1. The van der Waals surface area contributed by atoms with Crippen LogP contribution in [-0.2, 0) is 0 Å². The molecule has 0 fully saturated rings. The minimum atomic E-state index is 0.152. The summed E-state index contributed by atoms with van der Waals surface area (Å²) in [5.41, 5.74) is 1.32. The van der Waals surface area contributed by atoms with Gasteiger partial charge in [0.15, 0.2) is 0 Å². The van der Waals surface area contributed by atoms with Gasteiger partial charge in [-0.1, -0.05) is 24.6 Å². The van der Waals surface area contributed by atoms with E-state index in [2.05, 4.69) is 38.0 Å². The van der Waals surface area contributed by atoms with Gasteiger partial charge in [-0.15, -0.1) is 0 Å². The summed E-state index contributed by atoms with van der Waals surface area (Å²) in [6, 6.07) is 4.14. The van der Waals surface area contributed by atoms with Crippen molar-refractivity contribution < 1.29 is 0 Å². The molecular weight excluding hydrogens is 208 g/mol. The lowest BCUT2D eigenvalue weighted by Gasteiger charge is -2.29. The second-order valence-electron chi connectivity index (χ2n) is 4.52. The number of rotatable bonds is 4. The van der Waals surface area contributed by atoms with Crippen LogP contribution in [0.15, 0.2) is 18.3 Å². The minimum Gasteiger partial charge on any atom is -0.305 e. The molecule has 1 unspecified atom stereocenters. The van der Waals surface area contributed by atoms with E-state index in [0.29, 0.717) is 11.2 Å². The molecule has 3 heteroatoms. The summed E-state index contributed by atoms with van der Waals surface area (Å²) >= 11 is 5.75. The minimum absolute atomic E-state index is 0.152. The Labute approximate surface area is 97.1 Å². The lowest BCUT2D eigenvalue weighted by molar-refractivity contribution is 0.337. The Kier molecular flexibility index (Phi) is 4.12. The first-order valence-corrected chi connectivity index (χ1v) is 5.71. The number of hydrogen-bond acceptors (Lipinski definition) is 2. The lowest BCUT2D eigenvalue weighted by atomic mass is 9.99. The van der Waals surface area contributed by atoms with Gasteiger partial charge in [-0.3, -0.25) is 0 Å². The van der Waals surface area contributed by atoms with Gasteiger partial charge in [0.1, 0.15) is 5.15 Å². The van der Waals surface area contributed by atoms with Gasteiger partial charge >= 0.3 is 0 Å². The van der Waals surface area contributed by atoms with Crippen molar-refractivity contribution in [2.75, 3.05) is 0 Å². The highest BCUT2D eigenvalue weighted by Gasteiger charge is 2.18. The first kappa shape index (κ1) is 12.5. The molecule has 2 nitrogen and oxygen atoms in total. The van der Waals surface area contributed by atoms with E-state index in [4.69, 9.17) is 11.6 Å². The predicted octanol–water partition coefficient (Wildman–Crippen LogP) is 3.57. The molecule has 0 aromatic carbocycles. The first-order chi connectivity index (χ1) is 6.94. The van der Waals surface area contributed by atoms with Gasteiger partial charge in [0, 0.05) is 17.8 Å². The predicted molar refractivity (Wildman–Crippen MR) is 65.2 cm³/mol. The van der Waals surface area contributed by atoms with E-state index in [0.717, 1.165) is 6.42 Å². The van der Waals surface area contributed by atoms with Crippen LogP contribution in [0.4, 0.5) is 0 Å². The second-order valence-corrected chi connectivity index (χ2v) is 4.90. The standard InChI is InChI=1S/C12H19ClN2/c1-5-12(3,4)15-9(2)10-6-7-11(13)14-8-10/h6-9,15H,5H2,1-4H3. The Morgan fingerprint density at radius 1 is 1.47 bits per heavy atom. The van der Waals surface area contributed by atoms with Gasteiger partial charge in [0.2, 0.25) is 0 Å². The smallest absolute Gasteiger partial charge is 0.129 e. The third-order valence-electron chi connectivity index (χ3n) is 2.74. The summed E-state index contributed by atoms with van der Waals surface area (Å²) < 4.78 is 0. The van der Waals surface area contributed by atoms with Gasteiger partial charge < -0.3 is 5.32 Å². The second kappa shape index (κ2) is 4.95. The zero-order valence-corrected chi connectivity index (χ0v) is 10.6. The summed E-state index contributed by atoms with van der Waals surface area (Å²) in [7, 11) is 0. The molecule has 0 bridgehead atoms. The maximum atomic E-state index is 5.75.